The Hall–Kier alpha value is -1.20. The van der Waals surface area contributed by atoms with Crippen LogP contribution in [0.4, 0.5) is 0 Å². The number of hydrogen-bond acceptors (Lipinski definition) is 4. The van der Waals surface area contributed by atoms with Crippen LogP contribution in [-0.2, 0) is 17.7 Å². The molecular formula is C13H21N3O2. The van der Waals surface area contributed by atoms with Gasteiger partial charge in [-0.05, 0) is 25.8 Å². The number of rotatable bonds is 6. The molecule has 2 heterocycles. The summed E-state index contributed by atoms with van der Waals surface area (Å²) < 4.78 is 5.56. The lowest BCUT2D eigenvalue weighted by Crippen LogP contribution is -2.21. The van der Waals surface area contributed by atoms with E-state index in [-0.39, 0.29) is 11.7 Å². The summed E-state index contributed by atoms with van der Waals surface area (Å²) in [5.74, 6) is 0.739. The van der Waals surface area contributed by atoms with Crippen LogP contribution in [0.5, 0.6) is 0 Å². The molecule has 1 aliphatic rings. The third kappa shape index (κ3) is 3.92. The molecule has 1 aliphatic heterocycles. The second-order valence-electron chi connectivity index (χ2n) is 4.70. The highest BCUT2D eigenvalue weighted by Crippen LogP contribution is 2.14. The summed E-state index contributed by atoms with van der Waals surface area (Å²) in [6.07, 6.45) is 4.16. The molecule has 0 bridgehead atoms. The van der Waals surface area contributed by atoms with Crippen LogP contribution < -0.4 is 10.9 Å². The molecule has 0 radical (unpaired) electrons. The molecule has 100 valence electrons. The first-order valence-corrected chi connectivity index (χ1v) is 6.69. The van der Waals surface area contributed by atoms with E-state index >= 15 is 0 Å². The van der Waals surface area contributed by atoms with Crippen molar-refractivity contribution in [1.82, 2.24) is 15.3 Å². The Morgan fingerprint density at radius 2 is 2.50 bits per heavy atom. The Balaban J connectivity index is 1.98. The lowest BCUT2D eigenvalue weighted by atomic mass is 10.2. The Morgan fingerprint density at radius 1 is 1.61 bits per heavy atom. The van der Waals surface area contributed by atoms with Gasteiger partial charge < -0.3 is 15.0 Å². The van der Waals surface area contributed by atoms with Gasteiger partial charge in [-0.2, -0.15) is 0 Å². The minimum absolute atomic E-state index is 0.0775. The summed E-state index contributed by atoms with van der Waals surface area (Å²) in [5, 5.41) is 3.25. The van der Waals surface area contributed by atoms with Crippen molar-refractivity contribution in [2.45, 2.75) is 45.3 Å². The smallest absolute Gasteiger partial charge is 0.251 e. The van der Waals surface area contributed by atoms with Crippen molar-refractivity contribution >= 4 is 0 Å². The van der Waals surface area contributed by atoms with Crippen LogP contribution in [0.25, 0.3) is 0 Å². The summed E-state index contributed by atoms with van der Waals surface area (Å²) in [5.41, 5.74) is 0.728. The molecule has 0 aromatic carbocycles. The molecule has 1 unspecified atom stereocenters. The molecule has 0 spiro atoms. The van der Waals surface area contributed by atoms with Gasteiger partial charge in [0.05, 0.1) is 11.8 Å². The molecule has 1 atom stereocenters. The van der Waals surface area contributed by atoms with Gasteiger partial charge >= 0.3 is 0 Å². The molecule has 1 fully saturated rings. The molecule has 2 rings (SSSR count). The van der Waals surface area contributed by atoms with Crippen molar-refractivity contribution < 1.29 is 4.74 Å². The number of H-pyrrole nitrogens is 1. The molecule has 1 aromatic rings. The fraction of sp³-hybridized carbons (Fsp3) is 0.692. The van der Waals surface area contributed by atoms with E-state index < -0.39 is 0 Å². The average molecular weight is 251 g/mol. The number of aromatic nitrogens is 2. The molecule has 1 aromatic heterocycles. The van der Waals surface area contributed by atoms with Crippen LogP contribution in [0.1, 0.15) is 37.7 Å². The van der Waals surface area contributed by atoms with Crippen LogP contribution in [0.15, 0.2) is 10.9 Å². The summed E-state index contributed by atoms with van der Waals surface area (Å²) in [4.78, 5) is 18.8. The average Bonchev–Trinajstić information content (AvgIpc) is 2.81. The highest BCUT2D eigenvalue weighted by Gasteiger charge is 2.17. The third-order valence-electron chi connectivity index (χ3n) is 3.02. The molecule has 0 saturated carbocycles. The molecule has 5 heteroatoms. The first kappa shape index (κ1) is 13.2. The zero-order chi connectivity index (χ0) is 12.8. The number of ether oxygens (including phenoxy) is 1. The summed E-state index contributed by atoms with van der Waals surface area (Å²) in [7, 11) is 0. The van der Waals surface area contributed by atoms with Crippen molar-refractivity contribution in [3.63, 3.8) is 0 Å². The molecule has 1 saturated heterocycles. The minimum Gasteiger partial charge on any atom is -0.378 e. The van der Waals surface area contributed by atoms with Gasteiger partial charge in [0, 0.05) is 25.6 Å². The van der Waals surface area contributed by atoms with Gasteiger partial charge in [-0.15, -0.1) is 0 Å². The van der Waals surface area contributed by atoms with Gasteiger partial charge in [-0.3, -0.25) is 4.79 Å². The number of nitrogens with one attached hydrogen (secondary N) is 2. The Labute approximate surface area is 107 Å². The normalized spacial score (nSPS) is 19.3. The van der Waals surface area contributed by atoms with Gasteiger partial charge in [-0.25, -0.2) is 4.98 Å². The van der Waals surface area contributed by atoms with Gasteiger partial charge in [-0.1, -0.05) is 6.92 Å². The molecule has 18 heavy (non-hydrogen) atoms. The first-order chi connectivity index (χ1) is 8.78. The second kappa shape index (κ2) is 6.66. The Bertz CT molecular complexity index is 424. The molecule has 5 nitrogen and oxygen atoms in total. The Morgan fingerprint density at radius 3 is 3.22 bits per heavy atom. The monoisotopic (exact) mass is 251 g/mol. The minimum atomic E-state index is -0.0775. The highest BCUT2D eigenvalue weighted by atomic mass is 16.5. The molecular weight excluding hydrogens is 230 g/mol. The summed E-state index contributed by atoms with van der Waals surface area (Å²) in [6, 6.07) is 1.56. The van der Waals surface area contributed by atoms with Gasteiger partial charge in [0.1, 0.15) is 5.82 Å². The van der Waals surface area contributed by atoms with Gasteiger partial charge in [0.25, 0.3) is 5.56 Å². The van der Waals surface area contributed by atoms with E-state index in [1.165, 1.54) is 0 Å². The second-order valence-corrected chi connectivity index (χ2v) is 4.70. The highest BCUT2D eigenvalue weighted by molar-refractivity contribution is 5.03. The van der Waals surface area contributed by atoms with Crippen LogP contribution in [0, 0.1) is 0 Å². The predicted octanol–water partition coefficient (Wildman–Crippen LogP) is 0.991. The van der Waals surface area contributed by atoms with E-state index in [2.05, 4.69) is 22.2 Å². The van der Waals surface area contributed by atoms with Crippen LogP contribution in [0.2, 0.25) is 0 Å². The Kier molecular flexibility index (Phi) is 4.90. The fourth-order valence-corrected chi connectivity index (χ4v) is 2.16. The number of aromatic amines is 1. The van der Waals surface area contributed by atoms with Crippen molar-refractivity contribution in [3.8, 4) is 0 Å². The predicted molar refractivity (Wildman–Crippen MR) is 69.5 cm³/mol. The van der Waals surface area contributed by atoms with Crippen LogP contribution in [0.3, 0.4) is 0 Å². The summed E-state index contributed by atoms with van der Waals surface area (Å²) in [6.45, 7) is 4.53. The van der Waals surface area contributed by atoms with E-state index in [0.29, 0.717) is 13.0 Å². The van der Waals surface area contributed by atoms with E-state index in [9.17, 15) is 4.79 Å². The standard InChI is InChI=1S/C13H21N3O2/c1-2-5-14-9-10-7-13(17)16-12(15-10)8-11-4-3-6-18-11/h7,11,14H,2-6,8-9H2,1H3,(H,15,16,17). The van der Waals surface area contributed by atoms with Crippen molar-refractivity contribution in [3.05, 3.63) is 27.9 Å². The maximum Gasteiger partial charge on any atom is 0.251 e. The number of hydrogen-bond donors (Lipinski definition) is 2. The number of nitrogens with zero attached hydrogens (tertiary/aromatic N) is 1. The zero-order valence-corrected chi connectivity index (χ0v) is 10.9. The maximum absolute atomic E-state index is 11.6. The molecule has 2 N–H and O–H groups in total. The van der Waals surface area contributed by atoms with Crippen molar-refractivity contribution in [1.29, 1.82) is 0 Å². The van der Waals surface area contributed by atoms with Crippen LogP contribution in [-0.4, -0.2) is 29.2 Å². The summed E-state index contributed by atoms with van der Waals surface area (Å²) >= 11 is 0. The van der Waals surface area contributed by atoms with Gasteiger partial charge in [0.15, 0.2) is 0 Å². The van der Waals surface area contributed by atoms with Crippen LogP contribution >= 0.6 is 0 Å². The zero-order valence-electron chi connectivity index (χ0n) is 10.9. The van der Waals surface area contributed by atoms with E-state index in [0.717, 1.165) is 43.9 Å². The lowest BCUT2D eigenvalue weighted by molar-refractivity contribution is 0.109. The van der Waals surface area contributed by atoms with E-state index in [4.69, 9.17) is 4.74 Å². The first-order valence-electron chi connectivity index (χ1n) is 6.69. The largest absolute Gasteiger partial charge is 0.378 e. The molecule has 0 aliphatic carbocycles. The van der Waals surface area contributed by atoms with Crippen molar-refractivity contribution in [2.75, 3.05) is 13.2 Å². The quantitative estimate of drug-likeness (QED) is 0.740. The fourth-order valence-electron chi connectivity index (χ4n) is 2.16. The van der Waals surface area contributed by atoms with E-state index in [1.54, 1.807) is 6.07 Å². The lowest BCUT2D eigenvalue weighted by Gasteiger charge is -2.09. The van der Waals surface area contributed by atoms with E-state index in [1.807, 2.05) is 0 Å². The molecule has 0 amide bonds. The van der Waals surface area contributed by atoms with Crippen molar-refractivity contribution in [2.24, 2.45) is 0 Å². The topological polar surface area (TPSA) is 67.0 Å². The third-order valence-corrected chi connectivity index (χ3v) is 3.02. The van der Waals surface area contributed by atoms with Gasteiger partial charge in [0.2, 0.25) is 0 Å². The SMILES string of the molecule is CCCNCc1cc(=O)[nH]c(CC2CCCO2)n1. The maximum atomic E-state index is 11.6.